The van der Waals surface area contributed by atoms with Gasteiger partial charge in [0, 0.05) is 11.4 Å². The summed E-state index contributed by atoms with van der Waals surface area (Å²) in [7, 11) is 0. The van der Waals surface area contributed by atoms with Crippen LogP contribution in [0.3, 0.4) is 0 Å². The summed E-state index contributed by atoms with van der Waals surface area (Å²) < 4.78 is 1.56. The molecule has 4 nitrogen and oxygen atoms in total. The first kappa shape index (κ1) is 18.7. The highest BCUT2D eigenvalue weighted by molar-refractivity contribution is 7.11. The maximum absolute atomic E-state index is 12.5. The van der Waals surface area contributed by atoms with Gasteiger partial charge in [0.2, 0.25) is 0 Å². The molecule has 0 spiro atoms. The first-order chi connectivity index (χ1) is 12.3. The zero-order valence-corrected chi connectivity index (χ0v) is 16.5. The van der Waals surface area contributed by atoms with Gasteiger partial charge in [0.05, 0.1) is 16.6 Å². The van der Waals surface area contributed by atoms with Crippen LogP contribution < -0.4 is 10.2 Å². The molecule has 26 heavy (non-hydrogen) atoms. The number of anilines is 1. The molecule has 0 saturated heterocycles. The molecule has 0 unspecified atom stereocenters. The summed E-state index contributed by atoms with van der Waals surface area (Å²) >= 11 is 12.9. The lowest BCUT2D eigenvalue weighted by molar-refractivity contribution is 0.102. The second-order valence-corrected chi connectivity index (χ2v) is 7.71. The summed E-state index contributed by atoms with van der Waals surface area (Å²) in [5.41, 5.74) is 3.26. The number of hydrogen-bond donors (Lipinski definition) is 1. The van der Waals surface area contributed by atoms with E-state index in [-0.39, 0.29) is 10.8 Å². The van der Waals surface area contributed by atoms with E-state index >= 15 is 0 Å². The Hall–Kier alpha value is -2.08. The van der Waals surface area contributed by atoms with Crippen LogP contribution in [0.4, 0.5) is 5.69 Å². The highest BCUT2D eigenvalue weighted by atomic mass is 35.5. The average Bonchev–Trinajstić information content (AvgIpc) is 2.88. The van der Waals surface area contributed by atoms with Gasteiger partial charge in [0.25, 0.3) is 5.91 Å². The molecule has 3 rings (SSSR count). The Balaban J connectivity index is 1.85. The van der Waals surface area contributed by atoms with Gasteiger partial charge < -0.3 is 5.32 Å². The lowest BCUT2D eigenvalue weighted by Gasteiger charge is -2.08. The highest BCUT2D eigenvalue weighted by Crippen LogP contribution is 2.24. The number of carbonyl (C=O) groups excluding carboxylic acids is 1. The number of aryl methyl sites for hydroxylation is 1. The normalized spacial score (nSPS) is 10.8. The topological polar surface area (TPSA) is 51.1 Å². The number of amides is 1. The first-order valence-corrected chi connectivity index (χ1v) is 9.44. The minimum atomic E-state index is -0.290. The number of carbonyl (C=O) groups is 1. The van der Waals surface area contributed by atoms with Crippen molar-refractivity contribution in [2.75, 3.05) is 5.32 Å². The molecule has 0 saturated carbocycles. The van der Waals surface area contributed by atoms with Crippen molar-refractivity contribution in [3.8, 4) is 0 Å². The molecule has 0 atom stereocenters. The summed E-state index contributed by atoms with van der Waals surface area (Å²) in [6, 6.07) is 12.7. The van der Waals surface area contributed by atoms with E-state index in [4.69, 9.17) is 23.2 Å². The van der Waals surface area contributed by atoms with Crippen molar-refractivity contribution in [3.05, 3.63) is 83.9 Å². The van der Waals surface area contributed by atoms with E-state index in [1.54, 1.807) is 23.6 Å². The Bertz CT molecular complexity index is 1020. The molecule has 0 bridgehead atoms. The van der Waals surface area contributed by atoms with Crippen LogP contribution in [0.1, 0.15) is 26.5 Å². The van der Waals surface area contributed by atoms with Crippen LogP contribution in [0.15, 0.2) is 47.3 Å². The van der Waals surface area contributed by atoms with Crippen LogP contribution in [-0.2, 0) is 6.54 Å². The molecule has 7 heteroatoms. The maximum Gasteiger partial charge on any atom is 0.308 e. The molecule has 1 aromatic heterocycles. The maximum atomic E-state index is 12.5. The monoisotopic (exact) mass is 406 g/mol. The standard InChI is InChI=1S/C19H16Cl2N2O2S/c1-11-3-6-14(7-4-11)22-18(24)17-12(2)23(19(25)26-17)10-13-5-8-15(20)16(21)9-13/h3-9H,10H2,1-2H3,(H,22,24). The van der Waals surface area contributed by atoms with Gasteiger partial charge in [0.15, 0.2) is 0 Å². The molecule has 0 aliphatic carbocycles. The predicted molar refractivity (Wildman–Crippen MR) is 108 cm³/mol. The zero-order valence-electron chi connectivity index (χ0n) is 14.2. The molecule has 1 N–H and O–H groups in total. The van der Waals surface area contributed by atoms with Crippen LogP contribution >= 0.6 is 34.5 Å². The number of thiazole rings is 1. The number of hydrogen-bond acceptors (Lipinski definition) is 3. The largest absolute Gasteiger partial charge is 0.321 e. The van der Waals surface area contributed by atoms with Crippen molar-refractivity contribution in [1.82, 2.24) is 4.57 Å². The van der Waals surface area contributed by atoms with Gasteiger partial charge in [0.1, 0.15) is 4.88 Å². The van der Waals surface area contributed by atoms with Crippen molar-refractivity contribution in [2.45, 2.75) is 20.4 Å². The Morgan fingerprint density at radius 2 is 1.77 bits per heavy atom. The van der Waals surface area contributed by atoms with Crippen molar-refractivity contribution >= 4 is 46.1 Å². The van der Waals surface area contributed by atoms with E-state index in [9.17, 15) is 9.59 Å². The van der Waals surface area contributed by atoms with Gasteiger partial charge in [-0.05, 0) is 43.7 Å². The fourth-order valence-electron chi connectivity index (χ4n) is 2.51. The second-order valence-electron chi connectivity index (χ2n) is 5.94. The molecule has 134 valence electrons. The van der Waals surface area contributed by atoms with Crippen LogP contribution in [-0.4, -0.2) is 10.5 Å². The first-order valence-electron chi connectivity index (χ1n) is 7.87. The minimum absolute atomic E-state index is 0.192. The summed E-state index contributed by atoms with van der Waals surface area (Å²) in [5, 5.41) is 3.72. The van der Waals surface area contributed by atoms with E-state index in [2.05, 4.69) is 5.32 Å². The third-order valence-electron chi connectivity index (χ3n) is 3.98. The lowest BCUT2D eigenvalue weighted by Crippen LogP contribution is -2.16. The predicted octanol–water partition coefficient (Wildman–Crippen LogP) is 5.13. The third kappa shape index (κ3) is 4.01. The SMILES string of the molecule is Cc1ccc(NC(=O)c2sc(=O)n(Cc3ccc(Cl)c(Cl)c3)c2C)cc1. The highest BCUT2D eigenvalue weighted by Gasteiger charge is 2.18. The molecule has 1 amide bonds. The number of nitrogens with zero attached hydrogens (tertiary/aromatic N) is 1. The molecule has 2 aromatic carbocycles. The van der Waals surface area contributed by atoms with E-state index in [1.807, 2.05) is 37.3 Å². The summed E-state index contributed by atoms with van der Waals surface area (Å²) in [6.45, 7) is 4.07. The Morgan fingerprint density at radius 1 is 1.08 bits per heavy atom. The number of aromatic nitrogens is 1. The van der Waals surface area contributed by atoms with Crippen molar-refractivity contribution in [2.24, 2.45) is 0 Å². The Labute approximate surface area is 165 Å². The van der Waals surface area contributed by atoms with E-state index in [1.165, 1.54) is 0 Å². The molecule has 1 heterocycles. The molecule has 0 fully saturated rings. The van der Waals surface area contributed by atoms with Crippen LogP contribution in [0.2, 0.25) is 10.0 Å². The molecule has 0 aliphatic rings. The molecular formula is C19H16Cl2N2O2S. The van der Waals surface area contributed by atoms with Gasteiger partial charge in [-0.3, -0.25) is 14.2 Å². The second kappa shape index (κ2) is 7.66. The van der Waals surface area contributed by atoms with Crippen molar-refractivity contribution in [1.29, 1.82) is 0 Å². The van der Waals surface area contributed by atoms with Crippen molar-refractivity contribution in [3.63, 3.8) is 0 Å². The molecule has 0 aliphatic heterocycles. The Kier molecular flexibility index (Phi) is 5.51. The smallest absolute Gasteiger partial charge is 0.308 e. The molecular weight excluding hydrogens is 391 g/mol. The number of nitrogens with one attached hydrogen (secondary N) is 1. The fraction of sp³-hybridized carbons (Fsp3) is 0.158. The van der Waals surface area contributed by atoms with Crippen LogP contribution in [0.25, 0.3) is 0 Å². The summed E-state index contributed by atoms with van der Waals surface area (Å²) in [5.74, 6) is -0.290. The zero-order chi connectivity index (χ0) is 18.8. The van der Waals surface area contributed by atoms with E-state index in [0.29, 0.717) is 32.8 Å². The number of halogens is 2. The van der Waals surface area contributed by atoms with Gasteiger partial charge in [-0.25, -0.2) is 0 Å². The van der Waals surface area contributed by atoms with E-state index < -0.39 is 0 Å². The Morgan fingerprint density at radius 3 is 2.42 bits per heavy atom. The van der Waals surface area contributed by atoms with Crippen LogP contribution in [0, 0.1) is 13.8 Å². The average molecular weight is 407 g/mol. The molecule has 0 radical (unpaired) electrons. The van der Waals surface area contributed by atoms with Crippen molar-refractivity contribution < 1.29 is 4.79 Å². The number of rotatable bonds is 4. The van der Waals surface area contributed by atoms with Crippen LogP contribution in [0.5, 0.6) is 0 Å². The molecule has 3 aromatic rings. The summed E-state index contributed by atoms with van der Waals surface area (Å²) in [6.07, 6.45) is 0. The lowest BCUT2D eigenvalue weighted by atomic mass is 10.2. The summed E-state index contributed by atoms with van der Waals surface area (Å²) in [4.78, 5) is 25.1. The fourth-order valence-corrected chi connectivity index (χ4v) is 3.72. The van der Waals surface area contributed by atoms with Gasteiger partial charge in [-0.1, -0.05) is 58.3 Å². The van der Waals surface area contributed by atoms with E-state index in [0.717, 1.165) is 22.5 Å². The minimum Gasteiger partial charge on any atom is -0.321 e. The van der Waals surface area contributed by atoms with Gasteiger partial charge in [-0.15, -0.1) is 0 Å². The quantitative estimate of drug-likeness (QED) is 0.652. The van der Waals surface area contributed by atoms with Gasteiger partial charge in [-0.2, -0.15) is 0 Å². The van der Waals surface area contributed by atoms with Gasteiger partial charge >= 0.3 is 4.87 Å². The number of benzene rings is 2. The third-order valence-corrected chi connectivity index (χ3v) is 5.80.